The Morgan fingerprint density at radius 3 is 2.22 bits per heavy atom. The molecule has 0 saturated heterocycles. The predicted molar refractivity (Wildman–Crippen MR) is 144 cm³/mol. The fourth-order valence-electron chi connectivity index (χ4n) is 5.50. The number of hydrogen-bond acceptors (Lipinski definition) is 5. The van der Waals surface area contributed by atoms with E-state index < -0.39 is 17.8 Å². The standard InChI is InChI=1S/C32H31NO4/c1-3-36-26-16-14-24(15-17-26)30-29(32(35)37-20-22-10-6-4-7-11-22)21(2)33-27-18-25(19-28(34)31(27)30)23-12-8-5-9-13-23/h4-17,25,30-31H,3,18-20H2,1-2H3/t25-,30+,31?/m1/s1. The van der Waals surface area contributed by atoms with Gasteiger partial charge in [-0.1, -0.05) is 72.8 Å². The minimum absolute atomic E-state index is 0.0871. The molecular formula is C32H31NO4. The molecule has 0 amide bonds. The molecule has 0 bridgehead atoms. The molecule has 1 unspecified atom stereocenters. The van der Waals surface area contributed by atoms with Gasteiger partial charge in [-0.05, 0) is 55.0 Å². The number of nitrogens with zero attached hydrogens (tertiary/aromatic N) is 1. The van der Waals surface area contributed by atoms with E-state index in [4.69, 9.17) is 14.5 Å². The third kappa shape index (κ3) is 5.26. The van der Waals surface area contributed by atoms with Crippen molar-refractivity contribution in [2.75, 3.05) is 6.61 Å². The molecule has 3 aromatic carbocycles. The molecule has 1 aliphatic heterocycles. The highest BCUT2D eigenvalue weighted by molar-refractivity contribution is 6.12. The largest absolute Gasteiger partial charge is 0.494 e. The normalized spacial score (nSPS) is 21.2. The van der Waals surface area contributed by atoms with Crippen LogP contribution in [0.1, 0.15) is 55.2 Å². The predicted octanol–water partition coefficient (Wildman–Crippen LogP) is 6.40. The SMILES string of the molecule is CCOc1ccc([C@H]2C(C(=O)OCc3ccccc3)=C(C)N=C3C[C@@H](c4ccccc4)CC(=O)C32)cc1. The summed E-state index contributed by atoms with van der Waals surface area (Å²) in [6.07, 6.45) is 1.12. The van der Waals surface area contributed by atoms with Gasteiger partial charge in [0.15, 0.2) is 0 Å². The second-order valence-corrected chi connectivity index (χ2v) is 9.60. The maximum absolute atomic E-state index is 13.7. The highest BCUT2D eigenvalue weighted by atomic mass is 16.5. The third-order valence-electron chi connectivity index (χ3n) is 7.21. The molecule has 5 rings (SSSR count). The van der Waals surface area contributed by atoms with Gasteiger partial charge in [-0.3, -0.25) is 9.79 Å². The van der Waals surface area contributed by atoms with Crippen molar-refractivity contribution >= 4 is 17.5 Å². The Hall–Kier alpha value is -3.99. The summed E-state index contributed by atoms with van der Waals surface area (Å²) in [5.41, 5.74) is 4.86. The smallest absolute Gasteiger partial charge is 0.336 e. The highest BCUT2D eigenvalue weighted by Crippen LogP contribution is 2.46. The van der Waals surface area contributed by atoms with Crippen LogP contribution in [0.2, 0.25) is 0 Å². The van der Waals surface area contributed by atoms with Crippen molar-refractivity contribution in [1.29, 1.82) is 0 Å². The lowest BCUT2D eigenvalue weighted by atomic mass is 9.66. The number of ether oxygens (including phenoxy) is 2. The van der Waals surface area contributed by atoms with E-state index in [9.17, 15) is 9.59 Å². The van der Waals surface area contributed by atoms with Crippen molar-refractivity contribution in [2.45, 2.75) is 45.1 Å². The number of rotatable bonds is 7. The number of carbonyl (C=O) groups is 2. The van der Waals surface area contributed by atoms with E-state index in [0.29, 0.717) is 30.7 Å². The van der Waals surface area contributed by atoms with Crippen LogP contribution in [0.3, 0.4) is 0 Å². The molecule has 0 N–H and O–H groups in total. The minimum atomic E-state index is -0.485. The van der Waals surface area contributed by atoms with Gasteiger partial charge in [0, 0.05) is 23.7 Å². The summed E-state index contributed by atoms with van der Waals surface area (Å²) in [6, 6.07) is 27.4. The lowest BCUT2D eigenvalue weighted by molar-refractivity contribution is -0.140. The lowest BCUT2D eigenvalue weighted by Gasteiger charge is -2.38. The number of benzene rings is 3. The minimum Gasteiger partial charge on any atom is -0.494 e. The molecule has 1 heterocycles. The monoisotopic (exact) mass is 493 g/mol. The Labute approximate surface area is 217 Å². The zero-order chi connectivity index (χ0) is 25.8. The Bertz CT molecular complexity index is 1330. The Kier molecular flexibility index (Phi) is 7.31. The van der Waals surface area contributed by atoms with E-state index in [1.807, 2.05) is 86.6 Å². The Balaban J connectivity index is 1.51. The van der Waals surface area contributed by atoms with Crippen molar-refractivity contribution < 1.29 is 19.1 Å². The molecular weight excluding hydrogens is 462 g/mol. The number of carbonyl (C=O) groups excluding carboxylic acids is 2. The van der Waals surface area contributed by atoms with Crippen molar-refractivity contribution in [3.8, 4) is 5.75 Å². The van der Waals surface area contributed by atoms with Crippen LogP contribution in [0, 0.1) is 5.92 Å². The second-order valence-electron chi connectivity index (χ2n) is 9.60. The van der Waals surface area contributed by atoms with E-state index in [1.165, 1.54) is 0 Å². The first-order chi connectivity index (χ1) is 18.0. The molecule has 37 heavy (non-hydrogen) atoms. The van der Waals surface area contributed by atoms with Crippen LogP contribution in [-0.2, 0) is 20.9 Å². The summed E-state index contributed by atoms with van der Waals surface area (Å²) in [4.78, 5) is 32.1. The quantitative estimate of drug-likeness (QED) is 0.357. The van der Waals surface area contributed by atoms with Crippen molar-refractivity contribution in [3.05, 3.63) is 113 Å². The first kappa shape index (κ1) is 24.7. The molecule has 3 aromatic rings. The molecule has 3 atom stereocenters. The number of fused-ring (bicyclic) bond motifs is 1. The second kappa shape index (κ2) is 11.0. The van der Waals surface area contributed by atoms with Crippen LogP contribution in [0.25, 0.3) is 0 Å². The van der Waals surface area contributed by atoms with E-state index in [0.717, 1.165) is 28.2 Å². The van der Waals surface area contributed by atoms with Gasteiger partial charge in [0.25, 0.3) is 0 Å². The molecule has 5 heteroatoms. The van der Waals surface area contributed by atoms with Gasteiger partial charge in [-0.2, -0.15) is 0 Å². The van der Waals surface area contributed by atoms with Crippen molar-refractivity contribution in [3.63, 3.8) is 0 Å². The molecule has 0 radical (unpaired) electrons. The lowest BCUT2D eigenvalue weighted by Crippen LogP contribution is -2.41. The van der Waals surface area contributed by atoms with Crippen LogP contribution >= 0.6 is 0 Å². The molecule has 188 valence electrons. The number of Topliss-reactive ketones (excluding diaryl/α,β-unsaturated/α-hetero) is 1. The van der Waals surface area contributed by atoms with Gasteiger partial charge in [0.1, 0.15) is 18.1 Å². The molecule has 2 aliphatic rings. The average Bonchev–Trinajstić information content (AvgIpc) is 2.92. The Morgan fingerprint density at radius 1 is 0.865 bits per heavy atom. The van der Waals surface area contributed by atoms with Crippen LogP contribution in [0.4, 0.5) is 0 Å². The van der Waals surface area contributed by atoms with Crippen LogP contribution < -0.4 is 4.74 Å². The fourth-order valence-corrected chi connectivity index (χ4v) is 5.50. The molecule has 1 saturated carbocycles. The van der Waals surface area contributed by atoms with Gasteiger partial charge in [0.05, 0.1) is 18.1 Å². The van der Waals surface area contributed by atoms with E-state index in [1.54, 1.807) is 0 Å². The summed E-state index contributed by atoms with van der Waals surface area (Å²) < 4.78 is 11.4. The summed E-state index contributed by atoms with van der Waals surface area (Å²) >= 11 is 0. The molecule has 5 nitrogen and oxygen atoms in total. The summed E-state index contributed by atoms with van der Waals surface area (Å²) in [7, 11) is 0. The molecule has 1 fully saturated rings. The van der Waals surface area contributed by atoms with E-state index in [2.05, 4.69) is 12.1 Å². The number of esters is 1. The van der Waals surface area contributed by atoms with Crippen LogP contribution in [0.15, 0.2) is 101 Å². The number of aliphatic imine (C=N–C) groups is 1. The zero-order valence-corrected chi connectivity index (χ0v) is 21.2. The summed E-state index contributed by atoms with van der Waals surface area (Å²) in [6.45, 7) is 4.52. The van der Waals surface area contributed by atoms with Crippen LogP contribution in [0.5, 0.6) is 5.75 Å². The first-order valence-electron chi connectivity index (χ1n) is 12.8. The number of hydrogen-bond donors (Lipinski definition) is 0. The maximum atomic E-state index is 13.7. The van der Waals surface area contributed by atoms with Crippen molar-refractivity contribution in [1.82, 2.24) is 0 Å². The van der Waals surface area contributed by atoms with Crippen LogP contribution in [-0.4, -0.2) is 24.1 Å². The fraction of sp³-hybridized carbons (Fsp3) is 0.281. The van der Waals surface area contributed by atoms with Crippen molar-refractivity contribution in [2.24, 2.45) is 10.9 Å². The zero-order valence-electron chi connectivity index (χ0n) is 21.2. The number of ketones is 1. The van der Waals surface area contributed by atoms with Gasteiger partial charge in [-0.25, -0.2) is 4.79 Å². The van der Waals surface area contributed by atoms with Gasteiger partial charge in [-0.15, -0.1) is 0 Å². The topological polar surface area (TPSA) is 65.0 Å². The molecule has 0 aromatic heterocycles. The van der Waals surface area contributed by atoms with E-state index in [-0.39, 0.29) is 18.3 Å². The molecule has 0 spiro atoms. The summed E-state index contributed by atoms with van der Waals surface area (Å²) in [5, 5.41) is 0. The van der Waals surface area contributed by atoms with Gasteiger partial charge < -0.3 is 9.47 Å². The average molecular weight is 494 g/mol. The van der Waals surface area contributed by atoms with Gasteiger partial charge >= 0.3 is 5.97 Å². The first-order valence-corrected chi connectivity index (χ1v) is 12.8. The van der Waals surface area contributed by atoms with Gasteiger partial charge in [0.2, 0.25) is 0 Å². The third-order valence-corrected chi connectivity index (χ3v) is 7.21. The Morgan fingerprint density at radius 2 is 1.54 bits per heavy atom. The summed E-state index contributed by atoms with van der Waals surface area (Å²) in [5.74, 6) is -0.413. The molecule has 1 aliphatic carbocycles. The number of allylic oxidation sites excluding steroid dienone is 1. The highest BCUT2D eigenvalue weighted by Gasteiger charge is 2.46. The van der Waals surface area contributed by atoms with E-state index >= 15 is 0 Å². The maximum Gasteiger partial charge on any atom is 0.336 e.